The Labute approximate surface area is 236 Å². The van der Waals surface area contributed by atoms with Crippen LogP contribution in [0.15, 0.2) is 127 Å². The van der Waals surface area contributed by atoms with Crippen molar-refractivity contribution in [2.24, 2.45) is 0 Å². The van der Waals surface area contributed by atoms with E-state index in [0.29, 0.717) is 0 Å². The average Bonchev–Trinajstić information content (AvgIpc) is 3.48. The van der Waals surface area contributed by atoms with Crippen LogP contribution in [-0.4, -0.2) is 27.8 Å². The van der Waals surface area contributed by atoms with Crippen molar-refractivity contribution in [1.29, 1.82) is 0 Å². The molecule has 7 aromatic rings. The molecule has 1 aliphatic heterocycles. The molecule has 3 nitrogen and oxygen atoms in total. The molecule has 4 heteroatoms. The van der Waals surface area contributed by atoms with Gasteiger partial charge < -0.3 is 0 Å². The number of fused-ring (bicyclic) bond motifs is 6. The summed E-state index contributed by atoms with van der Waals surface area (Å²) in [5.41, 5.74) is 9.25. The Morgan fingerprint density at radius 2 is 1.25 bits per heavy atom. The summed E-state index contributed by atoms with van der Waals surface area (Å²) in [7, 11) is 0. The van der Waals surface area contributed by atoms with Crippen molar-refractivity contribution >= 4 is 43.9 Å². The van der Waals surface area contributed by atoms with Crippen LogP contribution in [0.5, 0.6) is 0 Å². The number of hydrogen-bond donors (Lipinski definition) is 0. The second-order valence-electron chi connectivity index (χ2n) is 11.1. The SMILES string of the molecule is [CH3][Ge]1([CH3])[c]2ccccc2-c2[c]1c1ccccc1n2-c1ccc(-c2nc(-c3ccccc3)c3ccccc3n2)cc1. The fourth-order valence-electron chi connectivity index (χ4n) is 6.55. The fraction of sp³-hybridized carbons (Fsp3) is 0.0556. The Morgan fingerprint density at radius 3 is 2.08 bits per heavy atom. The van der Waals surface area contributed by atoms with Crippen LogP contribution in [0, 0.1) is 0 Å². The van der Waals surface area contributed by atoms with Crippen LogP contribution in [0.25, 0.3) is 61.4 Å². The Balaban J connectivity index is 1.31. The van der Waals surface area contributed by atoms with E-state index in [1.165, 1.54) is 27.8 Å². The van der Waals surface area contributed by atoms with Gasteiger partial charge in [0.15, 0.2) is 0 Å². The maximum absolute atomic E-state index is 5.08. The summed E-state index contributed by atoms with van der Waals surface area (Å²) in [5.74, 6) is 5.81. The maximum atomic E-state index is 5.08. The molecule has 0 radical (unpaired) electrons. The monoisotopic (exact) mass is 575 g/mol. The molecule has 0 amide bonds. The molecule has 0 fully saturated rings. The molecule has 1 aliphatic rings. The molecule has 0 bridgehead atoms. The summed E-state index contributed by atoms with van der Waals surface area (Å²) < 4.78 is 5.64. The molecular formula is C36H27GeN3. The molecule has 3 heterocycles. The van der Waals surface area contributed by atoms with Crippen LogP contribution >= 0.6 is 0 Å². The van der Waals surface area contributed by atoms with Crippen molar-refractivity contribution in [2.75, 3.05) is 0 Å². The van der Waals surface area contributed by atoms with E-state index in [1.807, 2.05) is 12.1 Å². The molecule has 0 saturated heterocycles. The van der Waals surface area contributed by atoms with Crippen LogP contribution in [-0.2, 0) is 0 Å². The summed E-state index contributed by atoms with van der Waals surface area (Å²) in [5, 5.41) is 2.46. The molecule has 0 aliphatic carbocycles. The standard InChI is InChI=1S/C36H27GeN3/c1-37(2)30-17-9-6-14-27(30)35-33(37)29-16-8-11-19-32(29)40(35)26-22-20-25(21-23-26)36-38-31-18-10-7-15-28(31)34(39-36)24-12-4-3-5-13-24/h3-23H,1-2H3. The van der Waals surface area contributed by atoms with Gasteiger partial charge in [-0.2, -0.15) is 0 Å². The first-order chi connectivity index (χ1) is 19.6. The van der Waals surface area contributed by atoms with Crippen LogP contribution in [0.1, 0.15) is 0 Å². The zero-order chi connectivity index (χ0) is 26.8. The van der Waals surface area contributed by atoms with Gasteiger partial charge in [-0.15, -0.1) is 0 Å². The number of para-hydroxylation sites is 2. The molecule has 40 heavy (non-hydrogen) atoms. The van der Waals surface area contributed by atoms with E-state index in [0.717, 1.165) is 33.5 Å². The van der Waals surface area contributed by atoms with E-state index in [-0.39, 0.29) is 0 Å². The first-order valence-corrected chi connectivity index (χ1v) is 20.1. The van der Waals surface area contributed by atoms with Crippen molar-refractivity contribution < 1.29 is 0 Å². The van der Waals surface area contributed by atoms with Gasteiger partial charge in [-0.3, -0.25) is 0 Å². The number of hydrogen-bond acceptors (Lipinski definition) is 2. The Morgan fingerprint density at radius 1 is 0.575 bits per heavy atom. The first-order valence-electron chi connectivity index (χ1n) is 13.8. The van der Waals surface area contributed by atoms with Gasteiger partial charge in [0.2, 0.25) is 0 Å². The predicted octanol–water partition coefficient (Wildman–Crippen LogP) is 7.71. The quantitative estimate of drug-likeness (QED) is 0.203. The van der Waals surface area contributed by atoms with Crippen molar-refractivity contribution in [3.63, 3.8) is 0 Å². The minimum atomic E-state index is -2.44. The molecule has 2 aromatic heterocycles. The molecule has 0 spiro atoms. The van der Waals surface area contributed by atoms with Crippen molar-refractivity contribution in [3.05, 3.63) is 127 Å². The van der Waals surface area contributed by atoms with Gasteiger partial charge in [-0.05, 0) is 0 Å². The van der Waals surface area contributed by atoms with Crippen LogP contribution in [0.2, 0.25) is 11.5 Å². The molecule has 0 unspecified atom stereocenters. The van der Waals surface area contributed by atoms with Gasteiger partial charge in [0.05, 0.1) is 0 Å². The summed E-state index contributed by atoms with van der Waals surface area (Å²) in [6.45, 7) is 0. The van der Waals surface area contributed by atoms with E-state index < -0.39 is 13.3 Å². The summed E-state index contributed by atoms with van der Waals surface area (Å²) in [4.78, 5) is 10.1. The van der Waals surface area contributed by atoms with Crippen molar-refractivity contribution in [1.82, 2.24) is 14.5 Å². The number of benzene rings is 5. The fourth-order valence-corrected chi connectivity index (χ4v) is 13.6. The minimum absolute atomic E-state index is 0.744. The van der Waals surface area contributed by atoms with Crippen molar-refractivity contribution in [2.45, 2.75) is 11.5 Å². The zero-order valence-corrected chi connectivity index (χ0v) is 24.6. The topological polar surface area (TPSA) is 30.7 Å². The normalized spacial score (nSPS) is 13.4. The Bertz CT molecular complexity index is 2070. The van der Waals surface area contributed by atoms with E-state index in [9.17, 15) is 0 Å². The zero-order valence-electron chi connectivity index (χ0n) is 22.5. The number of rotatable bonds is 3. The van der Waals surface area contributed by atoms with Crippen molar-refractivity contribution in [3.8, 4) is 39.6 Å². The van der Waals surface area contributed by atoms with Gasteiger partial charge >= 0.3 is 213 Å². The third-order valence-corrected chi connectivity index (χ3v) is 15.8. The molecule has 8 rings (SSSR count). The number of nitrogens with zero attached hydrogens (tertiary/aromatic N) is 3. The molecule has 0 saturated carbocycles. The summed E-state index contributed by atoms with van der Waals surface area (Å²) in [6.07, 6.45) is 0. The van der Waals surface area contributed by atoms with Gasteiger partial charge in [0, 0.05) is 0 Å². The summed E-state index contributed by atoms with van der Waals surface area (Å²) in [6, 6.07) is 45.4. The first kappa shape index (κ1) is 23.4. The molecular weight excluding hydrogens is 547 g/mol. The molecule has 0 atom stereocenters. The second-order valence-corrected chi connectivity index (χ2v) is 20.1. The molecule has 5 aromatic carbocycles. The van der Waals surface area contributed by atoms with Crippen LogP contribution in [0.3, 0.4) is 0 Å². The third-order valence-electron chi connectivity index (χ3n) is 8.39. The number of aromatic nitrogens is 3. The second kappa shape index (κ2) is 8.77. The molecule has 190 valence electrons. The van der Waals surface area contributed by atoms with Gasteiger partial charge in [-0.25, -0.2) is 0 Å². The molecule has 0 N–H and O–H groups in total. The van der Waals surface area contributed by atoms with E-state index in [1.54, 1.807) is 8.79 Å². The van der Waals surface area contributed by atoms with Gasteiger partial charge in [0.1, 0.15) is 0 Å². The van der Waals surface area contributed by atoms with E-state index in [4.69, 9.17) is 9.97 Å². The van der Waals surface area contributed by atoms with Crippen LogP contribution in [0.4, 0.5) is 0 Å². The van der Waals surface area contributed by atoms with Gasteiger partial charge in [0.25, 0.3) is 0 Å². The average molecular weight is 574 g/mol. The predicted molar refractivity (Wildman–Crippen MR) is 169 cm³/mol. The third kappa shape index (κ3) is 3.37. The summed E-state index contributed by atoms with van der Waals surface area (Å²) >= 11 is -2.44. The Hall–Kier alpha value is -4.48. The Kier molecular flexibility index (Phi) is 5.13. The van der Waals surface area contributed by atoms with Crippen LogP contribution < -0.4 is 8.79 Å². The van der Waals surface area contributed by atoms with Gasteiger partial charge in [-0.1, -0.05) is 24.3 Å². The van der Waals surface area contributed by atoms with E-state index in [2.05, 4.69) is 131 Å². The van der Waals surface area contributed by atoms with E-state index >= 15 is 0 Å².